The summed E-state index contributed by atoms with van der Waals surface area (Å²) >= 11 is 4.21. The van der Waals surface area contributed by atoms with E-state index in [4.69, 9.17) is 10.5 Å². The molecule has 2 N–H and O–H groups in total. The summed E-state index contributed by atoms with van der Waals surface area (Å²) in [5.41, 5.74) is 11.0. The number of unbranched alkanes of at least 4 members (excludes halogenated alkanes) is 2. The molecule has 0 saturated heterocycles. The van der Waals surface area contributed by atoms with Gasteiger partial charge in [0.05, 0.1) is 23.4 Å². The number of hydrogen-bond acceptors (Lipinski definition) is 8. The minimum atomic E-state index is -0.605. The van der Waals surface area contributed by atoms with Crippen molar-refractivity contribution >= 4 is 58.5 Å². The van der Waals surface area contributed by atoms with Gasteiger partial charge in [-0.25, -0.2) is 4.79 Å². The van der Waals surface area contributed by atoms with Crippen LogP contribution in [0.1, 0.15) is 85.1 Å². The van der Waals surface area contributed by atoms with Crippen LogP contribution in [0, 0.1) is 20.8 Å². The summed E-state index contributed by atoms with van der Waals surface area (Å²) in [7, 11) is 0. The fourth-order valence-corrected chi connectivity index (χ4v) is 8.53. The topological polar surface area (TPSA) is 86.5 Å². The molecule has 248 valence electrons. The van der Waals surface area contributed by atoms with E-state index in [-0.39, 0.29) is 40.6 Å². The number of hydrogen-bond donors (Lipinski definition) is 1. The predicted octanol–water partition coefficient (Wildman–Crippen LogP) is 10.8. The SMILES string of the molecule is CCCCCOC(=O)c1cc(Sc2ccc(C)cc2)c2c(c1N)C(=O)c1c(Sc3ccc(C)cc3)ccc(Sc3ccc(C)cc3)c1C2=O. The van der Waals surface area contributed by atoms with Gasteiger partial charge in [0.15, 0.2) is 11.6 Å². The summed E-state index contributed by atoms with van der Waals surface area (Å²) in [6, 6.07) is 29.5. The summed E-state index contributed by atoms with van der Waals surface area (Å²) in [4.78, 5) is 47.9. The van der Waals surface area contributed by atoms with Crippen molar-refractivity contribution in [1.82, 2.24) is 0 Å². The second-order valence-corrected chi connectivity index (χ2v) is 15.5. The van der Waals surface area contributed by atoms with E-state index in [2.05, 4.69) is 6.92 Å². The molecule has 0 aromatic heterocycles. The van der Waals surface area contributed by atoms with Crippen molar-refractivity contribution in [3.63, 3.8) is 0 Å². The molecule has 0 unspecified atom stereocenters. The van der Waals surface area contributed by atoms with E-state index in [0.717, 1.165) is 50.6 Å². The third-order valence-electron chi connectivity index (χ3n) is 8.32. The van der Waals surface area contributed by atoms with Gasteiger partial charge in [-0.2, -0.15) is 0 Å². The molecule has 0 aliphatic heterocycles. The number of esters is 1. The largest absolute Gasteiger partial charge is 0.462 e. The first-order chi connectivity index (χ1) is 23.6. The molecule has 1 aliphatic rings. The average molecular weight is 704 g/mol. The minimum absolute atomic E-state index is 0.0318. The van der Waals surface area contributed by atoms with E-state index < -0.39 is 5.97 Å². The number of carbonyl (C=O) groups excluding carboxylic acids is 3. The second-order valence-electron chi connectivity index (χ2n) is 12.1. The number of nitrogen functional groups attached to an aromatic ring is 1. The van der Waals surface area contributed by atoms with Crippen LogP contribution >= 0.6 is 35.3 Å². The van der Waals surface area contributed by atoms with Crippen LogP contribution in [-0.2, 0) is 4.74 Å². The lowest BCUT2D eigenvalue weighted by Gasteiger charge is -2.26. The van der Waals surface area contributed by atoms with Crippen LogP contribution in [0.2, 0.25) is 0 Å². The fourth-order valence-electron chi connectivity index (χ4n) is 5.61. The maximum atomic E-state index is 15.0. The van der Waals surface area contributed by atoms with Crippen molar-refractivity contribution in [2.45, 2.75) is 76.3 Å². The molecule has 0 saturated carbocycles. The van der Waals surface area contributed by atoms with Crippen molar-refractivity contribution in [3.8, 4) is 0 Å². The van der Waals surface area contributed by atoms with Gasteiger partial charge < -0.3 is 10.5 Å². The summed E-state index contributed by atoms with van der Waals surface area (Å²) in [6.45, 7) is 8.38. The summed E-state index contributed by atoms with van der Waals surface area (Å²) in [6.07, 6.45) is 2.64. The molecule has 8 heteroatoms. The molecule has 1 aliphatic carbocycles. The Hall–Kier alpha value is -4.24. The summed E-state index contributed by atoms with van der Waals surface area (Å²) in [5, 5.41) is 0. The van der Waals surface area contributed by atoms with Crippen LogP contribution < -0.4 is 5.73 Å². The summed E-state index contributed by atoms with van der Waals surface area (Å²) in [5.74, 6) is -1.28. The Morgan fingerprint density at radius 1 is 0.592 bits per heavy atom. The number of benzene rings is 5. The average Bonchev–Trinajstić information content (AvgIpc) is 3.09. The number of nitrogens with two attached hydrogens (primary N) is 1. The standard InChI is InChI=1S/C41H37NO4S3/c1-5-6-7-22-46-41(45)30-23-33(49-29-18-12-26(4)13-19-29)36-37(38(30)42)40(44)35-32(48-28-16-10-25(3)11-17-28)21-20-31(34(35)39(36)43)47-27-14-8-24(2)9-15-27/h8-21,23H,5-7,22,42H2,1-4H3. The fraction of sp³-hybridized carbons (Fsp3) is 0.195. The Morgan fingerprint density at radius 2 is 1.00 bits per heavy atom. The van der Waals surface area contributed by atoms with Gasteiger partial charge in [0.25, 0.3) is 0 Å². The Morgan fingerprint density at radius 3 is 1.45 bits per heavy atom. The Kier molecular flexibility index (Phi) is 10.7. The molecule has 0 bridgehead atoms. The molecule has 49 heavy (non-hydrogen) atoms. The maximum absolute atomic E-state index is 15.0. The highest BCUT2D eigenvalue weighted by molar-refractivity contribution is 8.00. The number of ether oxygens (including phenoxy) is 1. The number of ketones is 2. The molecular formula is C41H37NO4S3. The molecule has 0 amide bonds. The Bertz CT molecular complexity index is 2050. The third kappa shape index (κ3) is 7.52. The predicted molar refractivity (Wildman–Crippen MR) is 200 cm³/mol. The lowest BCUT2D eigenvalue weighted by molar-refractivity contribution is 0.0498. The normalized spacial score (nSPS) is 12.1. The van der Waals surface area contributed by atoms with Gasteiger partial charge in [-0.1, -0.05) is 108 Å². The van der Waals surface area contributed by atoms with Crippen molar-refractivity contribution in [1.29, 1.82) is 0 Å². The molecule has 5 nitrogen and oxygen atoms in total. The van der Waals surface area contributed by atoms with Gasteiger partial charge >= 0.3 is 5.97 Å². The van der Waals surface area contributed by atoms with Crippen molar-refractivity contribution in [2.75, 3.05) is 12.3 Å². The molecule has 0 heterocycles. The molecule has 0 radical (unpaired) electrons. The molecule has 6 rings (SSSR count). The van der Waals surface area contributed by atoms with Crippen LogP contribution in [-0.4, -0.2) is 24.1 Å². The number of anilines is 1. The maximum Gasteiger partial charge on any atom is 0.340 e. The van der Waals surface area contributed by atoms with E-state index in [1.165, 1.54) is 35.3 Å². The minimum Gasteiger partial charge on any atom is -0.462 e. The zero-order chi connectivity index (χ0) is 34.7. The first kappa shape index (κ1) is 34.6. The molecule has 0 fully saturated rings. The first-order valence-corrected chi connectivity index (χ1v) is 18.7. The number of rotatable bonds is 11. The van der Waals surface area contributed by atoms with Crippen LogP contribution in [0.5, 0.6) is 0 Å². The molecule has 0 atom stereocenters. The molecule has 0 spiro atoms. The molecule has 5 aromatic carbocycles. The van der Waals surface area contributed by atoms with Gasteiger partial charge in [-0.05, 0) is 81.8 Å². The van der Waals surface area contributed by atoms with E-state index in [9.17, 15) is 14.4 Å². The van der Waals surface area contributed by atoms with Gasteiger partial charge in [0.1, 0.15) is 0 Å². The van der Waals surface area contributed by atoms with E-state index in [1.54, 1.807) is 6.07 Å². The van der Waals surface area contributed by atoms with E-state index in [0.29, 0.717) is 25.8 Å². The second kappa shape index (κ2) is 15.1. The smallest absolute Gasteiger partial charge is 0.340 e. The summed E-state index contributed by atoms with van der Waals surface area (Å²) < 4.78 is 5.63. The van der Waals surface area contributed by atoms with Crippen LogP contribution in [0.15, 0.2) is 120 Å². The van der Waals surface area contributed by atoms with Gasteiger partial charge in [0, 0.05) is 46.1 Å². The number of carbonyl (C=O) groups is 3. The highest BCUT2D eigenvalue weighted by atomic mass is 32.2. The van der Waals surface area contributed by atoms with Crippen molar-refractivity contribution in [3.05, 3.63) is 136 Å². The van der Waals surface area contributed by atoms with Crippen molar-refractivity contribution < 1.29 is 19.1 Å². The van der Waals surface area contributed by atoms with Crippen LogP contribution in [0.25, 0.3) is 0 Å². The zero-order valence-electron chi connectivity index (χ0n) is 27.9. The van der Waals surface area contributed by atoms with Crippen LogP contribution in [0.4, 0.5) is 5.69 Å². The van der Waals surface area contributed by atoms with Crippen LogP contribution in [0.3, 0.4) is 0 Å². The number of fused-ring (bicyclic) bond motifs is 2. The van der Waals surface area contributed by atoms with Gasteiger partial charge in [-0.15, -0.1) is 0 Å². The van der Waals surface area contributed by atoms with E-state index >= 15 is 0 Å². The Balaban J connectivity index is 1.53. The van der Waals surface area contributed by atoms with Gasteiger partial charge in [0.2, 0.25) is 0 Å². The molecule has 5 aromatic rings. The molecular weight excluding hydrogens is 667 g/mol. The third-order valence-corrected chi connectivity index (χ3v) is 11.5. The van der Waals surface area contributed by atoms with Crippen molar-refractivity contribution in [2.24, 2.45) is 0 Å². The Labute approximate surface area is 300 Å². The zero-order valence-corrected chi connectivity index (χ0v) is 30.4. The lowest BCUT2D eigenvalue weighted by atomic mass is 9.82. The highest BCUT2D eigenvalue weighted by Crippen LogP contribution is 2.47. The first-order valence-electron chi connectivity index (χ1n) is 16.3. The quantitative estimate of drug-likeness (QED) is 0.0811. The highest BCUT2D eigenvalue weighted by Gasteiger charge is 2.39. The monoisotopic (exact) mass is 703 g/mol. The van der Waals surface area contributed by atoms with E-state index in [1.807, 2.05) is 106 Å². The number of aryl methyl sites for hydroxylation is 3. The lowest BCUT2D eigenvalue weighted by Crippen LogP contribution is -2.26. The van der Waals surface area contributed by atoms with Gasteiger partial charge in [-0.3, -0.25) is 9.59 Å².